The molecular formula is C12H11N5O2. The van der Waals surface area contributed by atoms with E-state index in [0.29, 0.717) is 17.0 Å². The molecule has 96 valence electrons. The Kier molecular flexibility index (Phi) is 4.21. The molecule has 0 spiro atoms. The summed E-state index contributed by atoms with van der Waals surface area (Å²) in [7, 11) is 0. The zero-order chi connectivity index (χ0) is 13.5. The van der Waals surface area contributed by atoms with Crippen molar-refractivity contribution in [2.45, 2.75) is 6.54 Å². The molecule has 2 rings (SSSR count). The summed E-state index contributed by atoms with van der Waals surface area (Å²) in [5.74, 6) is 5.63. The predicted octanol–water partition coefficient (Wildman–Crippen LogP) is -0.295. The average Bonchev–Trinajstić information content (AvgIpc) is 2.96. The third-order valence-electron chi connectivity index (χ3n) is 2.15. The monoisotopic (exact) mass is 257 g/mol. The van der Waals surface area contributed by atoms with Crippen molar-refractivity contribution in [1.82, 2.24) is 20.4 Å². The van der Waals surface area contributed by atoms with Gasteiger partial charge in [0.15, 0.2) is 5.82 Å². The first-order chi connectivity index (χ1) is 9.29. The van der Waals surface area contributed by atoms with E-state index in [1.54, 1.807) is 12.3 Å². The van der Waals surface area contributed by atoms with Crippen LogP contribution in [0, 0.1) is 11.8 Å². The summed E-state index contributed by atoms with van der Waals surface area (Å²) in [5, 5.41) is 6.24. The van der Waals surface area contributed by atoms with Gasteiger partial charge in [-0.1, -0.05) is 17.0 Å². The van der Waals surface area contributed by atoms with E-state index < -0.39 is 0 Å². The molecule has 0 bridgehead atoms. The van der Waals surface area contributed by atoms with E-state index in [4.69, 9.17) is 5.73 Å². The standard InChI is InChI=1S/C12H11N5O2/c13-3-1-2-9-4-10(6-14-5-9)12(18)15-7-11-16-8-19-17-11/h4-6,8H,3,7,13H2,(H,15,18). The van der Waals surface area contributed by atoms with Crippen LogP contribution < -0.4 is 11.1 Å². The number of hydrogen-bond donors (Lipinski definition) is 2. The molecule has 2 aromatic rings. The Labute approximate surface area is 109 Å². The fourth-order valence-corrected chi connectivity index (χ4v) is 1.32. The molecule has 2 aromatic heterocycles. The molecule has 0 saturated carbocycles. The SMILES string of the molecule is NCC#Cc1cncc(C(=O)NCc2ncon2)c1. The number of carbonyl (C=O) groups excluding carboxylic acids is 1. The van der Waals surface area contributed by atoms with Gasteiger partial charge < -0.3 is 15.6 Å². The van der Waals surface area contributed by atoms with Gasteiger partial charge in [-0.15, -0.1) is 0 Å². The van der Waals surface area contributed by atoms with Crippen LogP contribution in [0.5, 0.6) is 0 Å². The van der Waals surface area contributed by atoms with E-state index in [9.17, 15) is 4.79 Å². The van der Waals surface area contributed by atoms with Gasteiger partial charge in [-0.2, -0.15) is 4.98 Å². The van der Waals surface area contributed by atoms with Gasteiger partial charge in [0.1, 0.15) is 0 Å². The van der Waals surface area contributed by atoms with E-state index in [-0.39, 0.29) is 19.0 Å². The van der Waals surface area contributed by atoms with E-state index in [1.165, 1.54) is 12.6 Å². The molecule has 0 aromatic carbocycles. The minimum atomic E-state index is -0.284. The molecule has 3 N–H and O–H groups in total. The normalized spacial score (nSPS) is 9.53. The quantitative estimate of drug-likeness (QED) is 0.731. The lowest BCUT2D eigenvalue weighted by Gasteiger charge is -2.02. The van der Waals surface area contributed by atoms with E-state index in [1.807, 2.05) is 0 Å². The van der Waals surface area contributed by atoms with Crippen molar-refractivity contribution in [2.24, 2.45) is 5.73 Å². The minimum absolute atomic E-state index is 0.189. The highest BCUT2D eigenvalue weighted by Crippen LogP contribution is 2.01. The molecule has 0 aliphatic heterocycles. The number of nitrogens with one attached hydrogen (secondary N) is 1. The summed E-state index contributed by atoms with van der Waals surface area (Å²) < 4.78 is 4.56. The first-order valence-electron chi connectivity index (χ1n) is 5.47. The highest BCUT2D eigenvalue weighted by atomic mass is 16.5. The molecule has 0 unspecified atom stereocenters. The maximum atomic E-state index is 11.9. The molecule has 7 nitrogen and oxygen atoms in total. The zero-order valence-corrected chi connectivity index (χ0v) is 9.96. The average molecular weight is 257 g/mol. The molecule has 2 heterocycles. The van der Waals surface area contributed by atoms with Crippen LogP contribution in [0.1, 0.15) is 21.7 Å². The van der Waals surface area contributed by atoms with Crippen molar-refractivity contribution in [1.29, 1.82) is 0 Å². The smallest absolute Gasteiger partial charge is 0.253 e. The number of pyridine rings is 1. The molecule has 0 atom stereocenters. The topological polar surface area (TPSA) is 107 Å². The first-order valence-corrected chi connectivity index (χ1v) is 5.47. The Morgan fingerprint density at radius 2 is 2.37 bits per heavy atom. The molecule has 0 fully saturated rings. The van der Waals surface area contributed by atoms with Gasteiger partial charge in [0.2, 0.25) is 6.39 Å². The van der Waals surface area contributed by atoms with E-state index in [0.717, 1.165) is 0 Å². The Balaban J connectivity index is 2.02. The van der Waals surface area contributed by atoms with Crippen molar-refractivity contribution < 1.29 is 9.32 Å². The van der Waals surface area contributed by atoms with Crippen LogP contribution in [-0.2, 0) is 6.54 Å². The fraction of sp³-hybridized carbons (Fsp3) is 0.167. The highest BCUT2D eigenvalue weighted by Gasteiger charge is 2.07. The number of hydrogen-bond acceptors (Lipinski definition) is 6. The van der Waals surface area contributed by atoms with Crippen molar-refractivity contribution >= 4 is 5.91 Å². The van der Waals surface area contributed by atoms with Crippen LogP contribution >= 0.6 is 0 Å². The lowest BCUT2D eigenvalue weighted by molar-refractivity contribution is 0.0949. The van der Waals surface area contributed by atoms with Gasteiger partial charge >= 0.3 is 0 Å². The summed E-state index contributed by atoms with van der Waals surface area (Å²) in [6.45, 7) is 0.447. The fourth-order valence-electron chi connectivity index (χ4n) is 1.32. The second kappa shape index (κ2) is 6.28. The number of carbonyl (C=O) groups is 1. The number of amides is 1. The van der Waals surface area contributed by atoms with Crippen molar-refractivity contribution in [2.75, 3.05) is 6.54 Å². The highest BCUT2D eigenvalue weighted by molar-refractivity contribution is 5.94. The van der Waals surface area contributed by atoms with Crippen LogP contribution in [0.25, 0.3) is 0 Å². The maximum absolute atomic E-state index is 11.9. The number of aromatic nitrogens is 3. The second-order valence-electron chi connectivity index (χ2n) is 3.50. The first kappa shape index (κ1) is 12.7. The Hall–Kier alpha value is -2.72. The van der Waals surface area contributed by atoms with E-state index in [2.05, 4.69) is 36.8 Å². The predicted molar refractivity (Wildman–Crippen MR) is 65.6 cm³/mol. The molecular weight excluding hydrogens is 246 g/mol. The molecule has 7 heteroatoms. The van der Waals surface area contributed by atoms with Crippen LogP contribution in [0.15, 0.2) is 29.4 Å². The lowest BCUT2D eigenvalue weighted by Crippen LogP contribution is -2.23. The molecule has 1 amide bonds. The molecule has 0 aliphatic rings. The Morgan fingerprint density at radius 3 is 3.11 bits per heavy atom. The number of nitrogens with two attached hydrogens (primary N) is 1. The van der Waals surface area contributed by atoms with Gasteiger partial charge in [-0.3, -0.25) is 9.78 Å². The van der Waals surface area contributed by atoms with E-state index >= 15 is 0 Å². The van der Waals surface area contributed by atoms with Crippen LogP contribution in [0.3, 0.4) is 0 Å². The number of nitrogens with zero attached hydrogens (tertiary/aromatic N) is 3. The molecule has 0 saturated heterocycles. The van der Waals surface area contributed by atoms with Crippen molar-refractivity contribution in [3.05, 3.63) is 41.8 Å². The largest absolute Gasteiger partial charge is 0.345 e. The third-order valence-corrected chi connectivity index (χ3v) is 2.15. The summed E-state index contributed by atoms with van der Waals surface area (Å²) >= 11 is 0. The molecule has 19 heavy (non-hydrogen) atoms. The zero-order valence-electron chi connectivity index (χ0n) is 9.96. The van der Waals surface area contributed by atoms with Gasteiger partial charge in [-0.25, -0.2) is 0 Å². The number of rotatable bonds is 3. The molecule has 0 radical (unpaired) electrons. The second-order valence-corrected chi connectivity index (χ2v) is 3.50. The molecule has 0 aliphatic carbocycles. The van der Waals surface area contributed by atoms with Crippen molar-refractivity contribution in [3.63, 3.8) is 0 Å². The summed E-state index contributed by atoms with van der Waals surface area (Å²) in [5.41, 5.74) is 6.33. The van der Waals surface area contributed by atoms with Crippen LogP contribution in [0.2, 0.25) is 0 Å². The Bertz CT molecular complexity index is 613. The summed E-state index contributed by atoms with van der Waals surface area (Å²) in [6.07, 6.45) is 4.23. The third kappa shape index (κ3) is 3.62. The van der Waals surface area contributed by atoms with Gasteiger partial charge in [0.25, 0.3) is 5.91 Å². The van der Waals surface area contributed by atoms with Gasteiger partial charge in [-0.05, 0) is 6.07 Å². The van der Waals surface area contributed by atoms with Gasteiger partial charge in [0, 0.05) is 18.0 Å². The van der Waals surface area contributed by atoms with Crippen LogP contribution in [-0.4, -0.2) is 27.6 Å². The minimum Gasteiger partial charge on any atom is -0.345 e. The lowest BCUT2D eigenvalue weighted by atomic mass is 10.2. The summed E-state index contributed by atoms with van der Waals surface area (Å²) in [6, 6.07) is 1.64. The maximum Gasteiger partial charge on any atom is 0.253 e. The van der Waals surface area contributed by atoms with Crippen LogP contribution in [0.4, 0.5) is 0 Å². The van der Waals surface area contributed by atoms with Crippen molar-refractivity contribution in [3.8, 4) is 11.8 Å². The Morgan fingerprint density at radius 1 is 1.47 bits per heavy atom. The van der Waals surface area contributed by atoms with Gasteiger partial charge in [0.05, 0.1) is 18.7 Å². The summed E-state index contributed by atoms with van der Waals surface area (Å²) in [4.78, 5) is 19.6.